The SMILES string of the molecule is Cc1ccc(C)c(Sc2c(C)c(C)c(CC(C)C(=O)O)c(CC(C)C(=O)O)c2C)c1C. The molecule has 31 heavy (non-hydrogen) atoms. The minimum absolute atomic E-state index is 0.392. The maximum atomic E-state index is 11.6. The normalized spacial score (nSPS) is 13.2. The number of carbonyl (C=O) groups is 2. The summed E-state index contributed by atoms with van der Waals surface area (Å²) in [5.41, 5.74) is 8.95. The summed E-state index contributed by atoms with van der Waals surface area (Å²) in [7, 11) is 0. The van der Waals surface area contributed by atoms with Crippen LogP contribution in [-0.4, -0.2) is 22.2 Å². The van der Waals surface area contributed by atoms with Gasteiger partial charge in [0.1, 0.15) is 0 Å². The molecule has 0 aliphatic heterocycles. The first-order valence-corrected chi connectivity index (χ1v) is 11.5. The highest BCUT2D eigenvalue weighted by Crippen LogP contribution is 2.42. The van der Waals surface area contributed by atoms with Gasteiger partial charge in [-0.1, -0.05) is 37.7 Å². The van der Waals surface area contributed by atoms with Crippen molar-refractivity contribution in [3.63, 3.8) is 0 Å². The van der Waals surface area contributed by atoms with Crippen LogP contribution in [0.4, 0.5) is 0 Å². The smallest absolute Gasteiger partial charge is 0.306 e. The van der Waals surface area contributed by atoms with E-state index in [1.165, 1.54) is 21.6 Å². The van der Waals surface area contributed by atoms with Crippen LogP contribution in [0.3, 0.4) is 0 Å². The number of rotatable bonds is 8. The van der Waals surface area contributed by atoms with Gasteiger partial charge in [-0.15, -0.1) is 0 Å². The van der Waals surface area contributed by atoms with Crippen molar-refractivity contribution in [1.29, 1.82) is 0 Å². The van der Waals surface area contributed by atoms with E-state index < -0.39 is 23.8 Å². The highest BCUT2D eigenvalue weighted by Gasteiger charge is 2.25. The van der Waals surface area contributed by atoms with Crippen LogP contribution in [-0.2, 0) is 22.4 Å². The van der Waals surface area contributed by atoms with Crippen molar-refractivity contribution in [3.05, 3.63) is 56.6 Å². The lowest BCUT2D eigenvalue weighted by Gasteiger charge is -2.25. The number of aryl methyl sites for hydroxylation is 2. The van der Waals surface area contributed by atoms with Gasteiger partial charge in [0.05, 0.1) is 11.8 Å². The highest BCUT2D eigenvalue weighted by atomic mass is 32.2. The molecule has 2 rings (SSSR count). The van der Waals surface area contributed by atoms with Crippen LogP contribution in [0.5, 0.6) is 0 Å². The zero-order valence-electron chi connectivity index (χ0n) is 19.8. The minimum Gasteiger partial charge on any atom is -0.481 e. The van der Waals surface area contributed by atoms with Crippen molar-refractivity contribution < 1.29 is 19.8 Å². The first-order valence-electron chi connectivity index (χ1n) is 10.7. The fourth-order valence-corrected chi connectivity index (χ4v) is 5.27. The quantitative estimate of drug-likeness (QED) is 0.508. The Morgan fingerprint density at radius 2 is 1.16 bits per heavy atom. The van der Waals surface area contributed by atoms with Gasteiger partial charge in [0, 0.05) is 9.79 Å². The molecular weight excluding hydrogens is 408 g/mol. The largest absolute Gasteiger partial charge is 0.481 e. The summed E-state index contributed by atoms with van der Waals surface area (Å²) in [6.45, 7) is 16.0. The zero-order chi connectivity index (χ0) is 23.6. The van der Waals surface area contributed by atoms with Gasteiger partial charge in [-0.3, -0.25) is 9.59 Å². The lowest BCUT2D eigenvalue weighted by molar-refractivity contribution is -0.142. The lowest BCUT2D eigenvalue weighted by atomic mass is 9.84. The molecule has 5 heteroatoms. The lowest BCUT2D eigenvalue weighted by Crippen LogP contribution is -2.19. The van der Waals surface area contributed by atoms with Gasteiger partial charge in [-0.2, -0.15) is 0 Å². The number of aliphatic carboxylic acids is 2. The van der Waals surface area contributed by atoms with Crippen LogP contribution >= 0.6 is 11.8 Å². The summed E-state index contributed by atoms with van der Waals surface area (Å²) in [5.74, 6) is -2.75. The molecule has 0 heterocycles. The van der Waals surface area contributed by atoms with Crippen molar-refractivity contribution in [2.45, 2.75) is 78.0 Å². The monoisotopic (exact) mass is 442 g/mol. The van der Waals surface area contributed by atoms with E-state index in [9.17, 15) is 19.8 Å². The van der Waals surface area contributed by atoms with Gasteiger partial charge in [-0.25, -0.2) is 0 Å². The molecule has 2 aromatic rings. The second-order valence-electron chi connectivity index (χ2n) is 8.80. The number of carboxylic acids is 2. The van der Waals surface area contributed by atoms with E-state index in [2.05, 4.69) is 39.8 Å². The van der Waals surface area contributed by atoms with Crippen LogP contribution in [0.15, 0.2) is 21.9 Å². The van der Waals surface area contributed by atoms with E-state index in [1.54, 1.807) is 25.6 Å². The number of hydrogen-bond donors (Lipinski definition) is 2. The summed E-state index contributed by atoms with van der Waals surface area (Å²) in [4.78, 5) is 25.5. The average molecular weight is 443 g/mol. The van der Waals surface area contributed by atoms with Crippen LogP contribution in [0.1, 0.15) is 58.4 Å². The Hall–Kier alpha value is -2.27. The third-order valence-electron chi connectivity index (χ3n) is 6.45. The molecule has 0 saturated carbocycles. The maximum absolute atomic E-state index is 11.6. The fraction of sp³-hybridized carbons (Fsp3) is 0.462. The van der Waals surface area contributed by atoms with Crippen molar-refractivity contribution in [3.8, 4) is 0 Å². The van der Waals surface area contributed by atoms with Gasteiger partial charge in [0.2, 0.25) is 0 Å². The number of carboxylic acid groups (broad SMARTS) is 2. The second-order valence-corrected chi connectivity index (χ2v) is 9.82. The van der Waals surface area contributed by atoms with E-state index in [4.69, 9.17) is 0 Å². The van der Waals surface area contributed by atoms with E-state index in [0.29, 0.717) is 12.8 Å². The topological polar surface area (TPSA) is 74.6 Å². The molecule has 2 unspecified atom stereocenters. The predicted molar refractivity (Wildman–Crippen MR) is 126 cm³/mol. The molecule has 0 aliphatic carbocycles. The molecule has 2 N–H and O–H groups in total. The first kappa shape index (κ1) is 25.0. The Balaban J connectivity index is 2.71. The Bertz CT molecular complexity index is 1020. The van der Waals surface area contributed by atoms with Gasteiger partial charge in [-0.05, 0) is 98.9 Å². The summed E-state index contributed by atoms with van der Waals surface area (Å²) < 4.78 is 0. The molecule has 0 radical (unpaired) electrons. The maximum Gasteiger partial charge on any atom is 0.306 e. The van der Waals surface area contributed by atoms with E-state index >= 15 is 0 Å². The average Bonchev–Trinajstić information content (AvgIpc) is 2.70. The standard InChI is InChI=1S/C26H34O4S/c1-13-9-10-14(2)23(17(13)5)31-24-19(7)18(6)21(11-15(3)25(27)28)22(20(24)8)12-16(4)26(29)30/h9-10,15-16H,11-12H2,1-8H3,(H,27,28)(H,29,30). The number of benzene rings is 2. The molecule has 0 aliphatic rings. The third-order valence-corrected chi connectivity index (χ3v) is 8.10. The van der Waals surface area contributed by atoms with Gasteiger partial charge < -0.3 is 10.2 Å². The zero-order valence-corrected chi connectivity index (χ0v) is 20.7. The van der Waals surface area contributed by atoms with E-state index in [0.717, 1.165) is 32.7 Å². The van der Waals surface area contributed by atoms with Crippen molar-refractivity contribution in [1.82, 2.24) is 0 Å². The minimum atomic E-state index is -0.838. The molecule has 0 aromatic heterocycles. The first-order chi connectivity index (χ1) is 14.4. The molecule has 0 amide bonds. The third kappa shape index (κ3) is 5.32. The molecule has 2 atom stereocenters. The van der Waals surface area contributed by atoms with E-state index in [-0.39, 0.29) is 0 Å². The molecule has 0 spiro atoms. The van der Waals surface area contributed by atoms with Crippen LogP contribution < -0.4 is 0 Å². The van der Waals surface area contributed by atoms with Crippen LogP contribution in [0.2, 0.25) is 0 Å². The molecule has 0 bridgehead atoms. The Morgan fingerprint density at radius 3 is 1.65 bits per heavy atom. The molecule has 2 aromatic carbocycles. The second kappa shape index (κ2) is 9.90. The van der Waals surface area contributed by atoms with Gasteiger partial charge in [0.15, 0.2) is 0 Å². The van der Waals surface area contributed by atoms with Crippen molar-refractivity contribution in [2.24, 2.45) is 11.8 Å². The summed E-state index contributed by atoms with van der Waals surface area (Å²) >= 11 is 1.74. The molecule has 168 valence electrons. The summed E-state index contributed by atoms with van der Waals surface area (Å²) in [5, 5.41) is 19.0. The highest BCUT2D eigenvalue weighted by molar-refractivity contribution is 7.99. The molecule has 4 nitrogen and oxygen atoms in total. The predicted octanol–water partition coefficient (Wildman–Crippen LogP) is 6.21. The Morgan fingerprint density at radius 1 is 0.710 bits per heavy atom. The molecule has 0 saturated heterocycles. The van der Waals surface area contributed by atoms with Gasteiger partial charge >= 0.3 is 11.9 Å². The molecular formula is C26H34O4S. The Labute approximate surface area is 190 Å². The summed E-state index contributed by atoms with van der Waals surface area (Å²) in [6, 6.07) is 4.27. The Kier molecular flexibility index (Phi) is 7.98. The van der Waals surface area contributed by atoms with E-state index in [1.807, 2.05) is 13.8 Å². The molecule has 0 fully saturated rings. The van der Waals surface area contributed by atoms with Crippen molar-refractivity contribution >= 4 is 23.7 Å². The fourth-order valence-electron chi connectivity index (χ4n) is 3.94. The van der Waals surface area contributed by atoms with Crippen LogP contribution in [0.25, 0.3) is 0 Å². The van der Waals surface area contributed by atoms with Crippen molar-refractivity contribution in [2.75, 3.05) is 0 Å². The number of hydrogen-bond acceptors (Lipinski definition) is 3. The summed E-state index contributed by atoms with van der Waals surface area (Å²) in [6.07, 6.45) is 0.793. The van der Waals surface area contributed by atoms with Gasteiger partial charge in [0.25, 0.3) is 0 Å². The van der Waals surface area contributed by atoms with Crippen LogP contribution in [0, 0.1) is 53.4 Å².